The third kappa shape index (κ3) is 3.73. The van der Waals surface area contributed by atoms with E-state index in [9.17, 15) is 20.1 Å². The zero-order valence-corrected chi connectivity index (χ0v) is 11.8. The number of hydrogen-bond acceptors (Lipinski definition) is 7. The van der Waals surface area contributed by atoms with Gasteiger partial charge in [0, 0.05) is 6.54 Å². The monoisotopic (exact) mass is 313 g/mol. The average molecular weight is 313 g/mol. The van der Waals surface area contributed by atoms with Gasteiger partial charge in [0.15, 0.2) is 0 Å². The van der Waals surface area contributed by atoms with Crippen molar-refractivity contribution in [2.24, 2.45) is 0 Å². The van der Waals surface area contributed by atoms with E-state index in [-0.39, 0.29) is 13.2 Å². The molecule has 8 heteroatoms. The minimum absolute atomic E-state index is 0.0873. The Morgan fingerprint density at radius 2 is 2.00 bits per heavy atom. The molecule has 0 unspecified atom stereocenters. The van der Waals surface area contributed by atoms with Gasteiger partial charge in [-0.05, 0) is 5.56 Å². The van der Waals surface area contributed by atoms with Gasteiger partial charge >= 0.3 is 6.09 Å². The molecule has 0 bridgehead atoms. The van der Waals surface area contributed by atoms with Gasteiger partial charge in [-0.25, -0.2) is 4.79 Å². The summed E-state index contributed by atoms with van der Waals surface area (Å²) < 4.78 is 9.94. The van der Waals surface area contributed by atoms with Crippen molar-refractivity contribution in [2.75, 3.05) is 13.2 Å². The maximum atomic E-state index is 11.5. The lowest BCUT2D eigenvalue weighted by Crippen LogP contribution is -2.46. The third-order valence-electron chi connectivity index (χ3n) is 3.41. The molecule has 0 aliphatic carbocycles. The number of carbonyl (C=O) groups is 1. The Hall–Kier alpha value is -1.71. The number of hydrogen-bond donors (Lipinski definition) is 5. The summed E-state index contributed by atoms with van der Waals surface area (Å²) in [6, 6.07) is 9.08. The summed E-state index contributed by atoms with van der Waals surface area (Å²) in [6.07, 6.45) is -4.89. The largest absolute Gasteiger partial charge is 0.445 e. The van der Waals surface area contributed by atoms with Crippen molar-refractivity contribution >= 4 is 6.09 Å². The molecule has 1 amide bonds. The predicted octanol–water partition coefficient (Wildman–Crippen LogP) is -1.29. The van der Waals surface area contributed by atoms with E-state index in [1.165, 1.54) is 0 Å². The molecule has 1 aliphatic heterocycles. The van der Waals surface area contributed by atoms with Crippen LogP contribution in [0.1, 0.15) is 5.56 Å². The van der Waals surface area contributed by atoms with Crippen molar-refractivity contribution in [3.63, 3.8) is 0 Å². The minimum Gasteiger partial charge on any atom is -0.445 e. The predicted molar refractivity (Wildman–Crippen MR) is 73.6 cm³/mol. The Morgan fingerprint density at radius 3 is 2.59 bits per heavy atom. The van der Waals surface area contributed by atoms with E-state index in [0.717, 1.165) is 5.56 Å². The third-order valence-corrected chi connectivity index (χ3v) is 3.41. The van der Waals surface area contributed by atoms with Gasteiger partial charge in [-0.15, -0.1) is 0 Å². The van der Waals surface area contributed by atoms with Crippen molar-refractivity contribution in [2.45, 2.75) is 30.7 Å². The number of aliphatic hydroxyl groups excluding tert-OH is 3. The zero-order valence-electron chi connectivity index (χ0n) is 11.8. The van der Waals surface area contributed by atoms with Gasteiger partial charge in [-0.3, -0.25) is 0 Å². The van der Waals surface area contributed by atoms with Crippen LogP contribution in [0.3, 0.4) is 0 Å². The molecular formula is C14H19NO7. The van der Waals surface area contributed by atoms with Gasteiger partial charge in [0.1, 0.15) is 24.9 Å². The highest BCUT2D eigenvalue weighted by molar-refractivity contribution is 5.67. The summed E-state index contributed by atoms with van der Waals surface area (Å²) in [4.78, 5) is 11.5. The molecule has 1 aromatic rings. The van der Waals surface area contributed by atoms with E-state index in [0.29, 0.717) is 0 Å². The molecule has 5 N–H and O–H groups in total. The highest BCUT2D eigenvalue weighted by Crippen LogP contribution is 2.28. The zero-order chi connectivity index (χ0) is 16.2. The summed E-state index contributed by atoms with van der Waals surface area (Å²) in [6.45, 7) is -0.974. The van der Waals surface area contributed by atoms with Crippen LogP contribution in [0.2, 0.25) is 0 Å². The van der Waals surface area contributed by atoms with Gasteiger partial charge in [0.05, 0.1) is 6.61 Å². The van der Waals surface area contributed by atoms with E-state index in [2.05, 4.69) is 5.32 Å². The van der Waals surface area contributed by atoms with Gasteiger partial charge < -0.3 is 35.2 Å². The first-order valence-electron chi connectivity index (χ1n) is 6.78. The second kappa shape index (κ2) is 7.03. The quantitative estimate of drug-likeness (QED) is 0.458. The van der Waals surface area contributed by atoms with E-state index < -0.39 is 36.8 Å². The minimum atomic E-state index is -2.24. The summed E-state index contributed by atoms with van der Waals surface area (Å²) >= 11 is 0. The number of ether oxygens (including phenoxy) is 2. The van der Waals surface area contributed by atoms with Crippen LogP contribution in [-0.2, 0) is 16.1 Å². The van der Waals surface area contributed by atoms with Crippen molar-refractivity contribution in [1.29, 1.82) is 0 Å². The molecule has 2 rings (SSSR count). The van der Waals surface area contributed by atoms with Crippen LogP contribution in [-0.4, -0.2) is 63.8 Å². The molecule has 4 atom stereocenters. The van der Waals surface area contributed by atoms with Gasteiger partial charge in [-0.2, -0.15) is 0 Å². The average Bonchev–Trinajstić information content (AvgIpc) is 2.76. The van der Waals surface area contributed by atoms with Crippen LogP contribution in [0.5, 0.6) is 0 Å². The lowest BCUT2D eigenvalue weighted by molar-refractivity contribution is -0.244. The fourth-order valence-corrected chi connectivity index (χ4v) is 2.12. The number of rotatable bonds is 5. The number of amides is 1. The Morgan fingerprint density at radius 1 is 1.32 bits per heavy atom. The Balaban J connectivity index is 1.77. The van der Waals surface area contributed by atoms with Crippen LogP contribution in [0, 0.1) is 0 Å². The maximum absolute atomic E-state index is 11.5. The molecule has 1 saturated heterocycles. The van der Waals surface area contributed by atoms with Crippen LogP contribution in [0.25, 0.3) is 0 Å². The van der Waals surface area contributed by atoms with Gasteiger partial charge in [0.2, 0.25) is 5.79 Å². The maximum Gasteiger partial charge on any atom is 0.407 e. The first-order valence-corrected chi connectivity index (χ1v) is 6.78. The van der Waals surface area contributed by atoms with Crippen molar-refractivity contribution < 1.29 is 34.7 Å². The van der Waals surface area contributed by atoms with Crippen molar-refractivity contribution in [3.05, 3.63) is 35.9 Å². The first kappa shape index (κ1) is 16.7. The fraction of sp³-hybridized carbons (Fsp3) is 0.500. The van der Waals surface area contributed by atoms with Crippen molar-refractivity contribution in [3.8, 4) is 0 Å². The summed E-state index contributed by atoms with van der Waals surface area (Å²) in [5.74, 6) is -2.24. The molecule has 0 spiro atoms. The van der Waals surface area contributed by atoms with Gasteiger partial charge in [-0.1, -0.05) is 30.3 Å². The van der Waals surface area contributed by atoms with E-state index in [4.69, 9.17) is 14.6 Å². The number of nitrogens with one attached hydrogen (secondary N) is 1. The number of alkyl carbamates (subject to hydrolysis) is 1. The highest BCUT2D eigenvalue weighted by Gasteiger charge is 2.52. The molecule has 122 valence electrons. The van der Waals surface area contributed by atoms with Crippen LogP contribution >= 0.6 is 0 Å². The van der Waals surface area contributed by atoms with Crippen molar-refractivity contribution in [1.82, 2.24) is 5.32 Å². The molecule has 1 fully saturated rings. The SMILES string of the molecule is O=C(NC[C@@H]1O[C@](O)(CO)[C@H](O)[C@H]1O)OCc1ccccc1. The molecule has 1 aliphatic rings. The summed E-state index contributed by atoms with van der Waals surface area (Å²) in [5.41, 5.74) is 0.819. The number of carbonyl (C=O) groups excluding carboxylic acids is 1. The molecule has 8 nitrogen and oxygen atoms in total. The Kier molecular flexibility index (Phi) is 5.33. The Bertz CT molecular complexity index is 497. The summed E-state index contributed by atoms with van der Waals surface area (Å²) in [5, 5.41) is 40.3. The molecule has 0 aromatic heterocycles. The smallest absolute Gasteiger partial charge is 0.407 e. The number of aliphatic hydroxyl groups is 4. The molecule has 0 radical (unpaired) electrons. The second-order valence-corrected chi connectivity index (χ2v) is 5.04. The van der Waals surface area contributed by atoms with Crippen LogP contribution in [0.15, 0.2) is 30.3 Å². The first-order chi connectivity index (χ1) is 10.5. The van der Waals surface area contributed by atoms with E-state index in [1.54, 1.807) is 12.1 Å². The lowest BCUT2D eigenvalue weighted by atomic mass is 10.1. The summed E-state index contributed by atoms with van der Waals surface area (Å²) in [7, 11) is 0. The molecule has 22 heavy (non-hydrogen) atoms. The van der Waals surface area contributed by atoms with Crippen LogP contribution < -0.4 is 5.32 Å². The van der Waals surface area contributed by atoms with E-state index in [1.807, 2.05) is 18.2 Å². The normalized spacial score (nSPS) is 31.0. The van der Waals surface area contributed by atoms with Crippen LogP contribution in [0.4, 0.5) is 4.79 Å². The fourth-order valence-electron chi connectivity index (χ4n) is 2.12. The Labute approximate surface area is 126 Å². The molecule has 0 saturated carbocycles. The second-order valence-electron chi connectivity index (χ2n) is 5.04. The molecule has 1 aromatic carbocycles. The van der Waals surface area contributed by atoms with E-state index >= 15 is 0 Å². The lowest BCUT2D eigenvalue weighted by Gasteiger charge is -2.22. The topological polar surface area (TPSA) is 128 Å². The van der Waals surface area contributed by atoms with Gasteiger partial charge in [0.25, 0.3) is 0 Å². The highest BCUT2D eigenvalue weighted by atomic mass is 16.7. The number of benzene rings is 1. The standard InChI is InChI=1S/C14H19NO7/c16-8-14(20)12(18)11(17)10(22-14)6-15-13(19)21-7-9-4-2-1-3-5-9/h1-5,10-12,16-18,20H,6-8H2,(H,15,19)/t10-,11-,12+,14+/m0/s1. The molecule has 1 heterocycles. The molecular weight excluding hydrogens is 294 g/mol.